The van der Waals surface area contributed by atoms with Crippen molar-refractivity contribution in [2.75, 3.05) is 14.1 Å². The first-order valence-corrected chi connectivity index (χ1v) is 14.4. The van der Waals surface area contributed by atoms with Crippen LogP contribution in [0.2, 0.25) is 8.35 Å². The minimum atomic E-state index is -1.28. The van der Waals surface area contributed by atoms with Crippen LogP contribution in [-0.4, -0.2) is 40.4 Å². The van der Waals surface area contributed by atoms with Crippen LogP contribution in [0.15, 0.2) is 24.3 Å². The molecule has 0 saturated carbocycles. The van der Waals surface area contributed by atoms with Crippen molar-refractivity contribution in [2.24, 2.45) is 0 Å². The van der Waals surface area contributed by atoms with Crippen LogP contribution >= 0.6 is 0 Å². The Kier molecular flexibility index (Phi) is 8.08. The van der Waals surface area contributed by atoms with Gasteiger partial charge in [0, 0.05) is 0 Å². The van der Waals surface area contributed by atoms with Crippen LogP contribution in [0.4, 0.5) is 0 Å². The molecular weight excluding hydrogens is 321 g/mol. The van der Waals surface area contributed by atoms with Crippen LogP contribution in [-0.2, 0) is 10.7 Å². The van der Waals surface area contributed by atoms with E-state index < -0.39 is 21.4 Å². The molecule has 0 bridgehead atoms. The maximum absolute atomic E-state index is 2.37. The SMILES string of the molecule is CC[CH2][In]([CH2]CC)[CH2]c1ccccc1CN(C)C. The summed E-state index contributed by atoms with van der Waals surface area (Å²) in [6.45, 7) is 5.80. The van der Waals surface area contributed by atoms with E-state index in [1.54, 1.807) is 19.5 Å². The van der Waals surface area contributed by atoms with Gasteiger partial charge in [0.15, 0.2) is 0 Å². The zero-order valence-corrected chi connectivity index (χ0v) is 15.9. The Morgan fingerprint density at radius 1 is 0.944 bits per heavy atom. The summed E-state index contributed by atoms with van der Waals surface area (Å²) in [6.07, 6.45) is 2.80. The molecule has 1 nitrogen and oxygen atoms in total. The molecular formula is C16H28InN. The summed E-state index contributed by atoms with van der Waals surface area (Å²) in [4.78, 5) is 2.28. The Labute approximate surface area is 121 Å². The molecule has 0 saturated heterocycles. The monoisotopic (exact) mass is 349 g/mol. The van der Waals surface area contributed by atoms with Crippen LogP contribution in [0.3, 0.4) is 0 Å². The van der Waals surface area contributed by atoms with E-state index in [-0.39, 0.29) is 0 Å². The van der Waals surface area contributed by atoms with E-state index in [0.29, 0.717) is 0 Å². The minimum absolute atomic E-state index is 1.09. The molecule has 1 rings (SSSR count). The van der Waals surface area contributed by atoms with Gasteiger partial charge in [-0.25, -0.2) is 0 Å². The molecule has 0 aromatic heterocycles. The fourth-order valence-electron chi connectivity index (χ4n) is 2.73. The van der Waals surface area contributed by atoms with Gasteiger partial charge in [0.1, 0.15) is 0 Å². The second-order valence-electron chi connectivity index (χ2n) is 5.65. The second kappa shape index (κ2) is 9.03. The van der Waals surface area contributed by atoms with Gasteiger partial charge in [-0.05, 0) is 0 Å². The Balaban J connectivity index is 2.74. The van der Waals surface area contributed by atoms with Crippen molar-refractivity contribution in [1.82, 2.24) is 4.90 Å². The fourth-order valence-corrected chi connectivity index (χ4v) is 12.3. The molecule has 0 unspecified atom stereocenters. The Hall–Kier alpha value is 0.0501. The first-order valence-electron chi connectivity index (χ1n) is 7.38. The van der Waals surface area contributed by atoms with Crippen LogP contribution in [0.5, 0.6) is 0 Å². The zero-order valence-electron chi connectivity index (χ0n) is 12.6. The van der Waals surface area contributed by atoms with Crippen molar-refractivity contribution >= 4 is 21.4 Å². The van der Waals surface area contributed by atoms with Gasteiger partial charge < -0.3 is 0 Å². The number of hydrogen-bond donors (Lipinski definition) is 0. The molecule has 2 heteroatoms. The van der Waals surface area contributed by atoms with Gasteiger partial charge in [-0.1, -0.05) is 0 Å². The first kappa shape index (κ1) is 16.1. The molecule has 0 aliphatic carbocycles. The molecule has 0 N–H and O–H groups in total. The molecule has 0 aliphatic heterocycles. The molecule has 0 heterocycles. The summed E-state index contributed by atoms with van der Waals surface area (Å²) >= 11 is -1.28. The summed E-state index contributed by atoms with van der Waals surface area (Å²) in [5.41, 5.74) is 3.20. The van der Waals surface area contributed by atoms with Gasteiger partial charge in [-0.3, -0.25) is 0 Å². The molecule has 0 fully saturated rings. The summed E-state index contributed by atoms with van der Waals surface area (Å²) in [5.74, 6) is 0. The molecule has 0 amide bonds. The third-order valence-electron chi connectivity index (χ3n) is 3.51. The second-order valence-corrected chi connectivity index (χ2v) is 15.1. The summed E-state index contributed by atoms with van der Waals surface area (Å²) in [5, 5.41) is 0. The van der Waals surface area contributed by atoms with Gasteiger partial charge in [0.2, 0.25) is 0 Å². The van der Waals surface area contributed by atoms with Crippen molar-refractivity contribution in [2.45, 2.75) is 45.8 Å². The first-order chi connectivity index (χ1) is 8.67. The van der Waals surface area contributed by atoms with E-state index >= 15 is 0 Å². The molecule has 100 valence electrons. The number of benzene rings is 1. The van der Waals surface area contributed by atoms with Crippen molar-refractivity contribution in [3.05, 3.63) is 35.4 Å². The topological polar surface area (TPSA) is 3.24 Å². The van der Waals surface area contributed by atoms with E-state index in [2.05, 4.69) is 57.1 Å². The predicted molar refractivity (Wildman–Crippen MR) is 83.5 cm³/mol. The van der Waals surface area contributed by atoms with Crippen LogP contribution < -0.4 is 0 Å². The van der Waals surface area contributed by atoms with E-state index in [9.17, 15) is 0 Å². The molecule has 0 atom stereocenters. The molecule has 0 spiro atoms. The van der Waals surface area contributed by atoms with Crippen molar-refractivity contribution in [1.29, 1.82) is 0 Å². The van der Waals surface area contributed by atoms with Gasteiger partial charge in [-0.15, -0.1) is 0 Å². The van der Waals surface area contributed by atoms with E-state index in [1.165, 1.54) is 17.0 Å². The van der Waals surface area contributed by atoms with E-state index in [4.69, 9.17) is 0 Å². The van der Waals surface area contributed by atoms with Gasteiger partial charge in [0.05, 0.1) is 0 Å². The number of hydrogen-bond acceptors (Lipinski definition) is 1. The normalized spacial score (nSPS) is 10.9. The third-order valence-corrected chi connectivity index (χ3v) is 14.4. The van der Waals surface area contributed by atoms with Gasteiger partial charge >= 0.3 is 122 Å². The third kappa shape index (κ3) is 5.79. The molecule has 0 radical (unpaired) electrons. The van der Waals surface area contributed by atoms with E-state index in [0.717, 1.165) is 6.54 Å². The standard InChI is InChI=1S/C10H14N.2C3H7.In/c1-9-6-4-5-7-10(9)8-11(2)3;2*1-3-2;/h4-7H,1,8H2,2-3H3;2*1,3H2,2H3;. The zero-order chi connectivity index (χ0) is 13.4. The number of rotatable bonds is 8. The Bertz CT molecular complexity index is 330. The van der Waals surface area contributed by atoms with Crippen molar-refractivity contribution in [3.63, 3.8) is 0 Å². The average molecular weight is 349 g/mol. The summed E-state index contributed by atoms with van der Waals surface area (Å²) in [6, 6.07) is 9.09. The Morgan fingerprint density at radius 3 is 2.00 bits per heavy atom. The molecule has 1 aromatic carbocycles. The van der Waals surface area contributed by atoms with Crippen LogP contribution in [0.25, 0.3) is 0 Å². The van der Waals surface area contributed by atoms with Gasteiger partial charge in [-0.2, -0.15) is 0 Å². The summed E-state index contributed by atoms with van der Waals surface area (Å²) < 4.78 is 4.62. The maximum atomic E-state index is 2.37. The Morgan fingerprint density at radius 2 is 1.50 bits per heavy atom. The van der Waals surface area contributed by atoms with E-state index in [1.807, 2.05) is 0 Å². The molecule has 18 heavy (non-hydrogen) atoms. The fraction of sp³-hybridized carbons (Fsp3) is 0.625. The van der Waals surface area contributed by atoms with Gasteiger partial charge in [0.25, 0.3) is 0 Å². The molecule has 1 aromatic rings. The van der Waals surface area contributed by atoms with Crippen molar-refractivity contribution in [3.8, 4) is 0 Å². The van der Waals surface area contributed by atoms with Crippen LogP contribution in [0.1, 0.15) is 37.8 Å². The number of nitrogens with zero attached hydrogens (tertiary/aromatic N) is 1. The predicted octanol–water partition coefficient (Wildman–Crippen LogP) is 4.14. The summed E-state index contributed by atoms with van der Waals surface area (Å²) in [7, 11) is 4.32. The average Bonchev–Trinajstić information content (AvgIpc) is 2.31. The quantitative estimate of drug-likeness (QED) is 0.682. The van der Waals surface area contributed by atoms with Crippen molar-refractivity contribution < 1.29 is 0 Å². The van der Waals surface area contributed by atoms with Crippen LogP contribution in [0, 0.1) is 0 Å². The molecule has 0 aliphatic rings.